The third kappa shape index (κ3) is 9.98. The number of unbranched alkanes of at least 4 members (excludes halogenated alkanes) is 7. The highest BCUT2D eigenvalue weighted by Crippen LogP contribution is 2.40. The van der Waals surface area contributed by atoms with Gasteiger partial charge in [0.15, 0.2) is 0 Å². The summed E-state index contributed by atoms with van der Waals surface area (Å²) < 4.78 is 19.4. The Balaban J connectivity index is 1.79. The summed E-state index contributed by atoms with van der Waals surface area (Å²) in [5.74, 6) is 0. The fourth-order valence-corrected chi connectivity index (χ4v) is 4.87. The van der Waals surface area contributed by atoms with Crippen LogP contribution in [-0.2, 0) is 19.8 Å². The fraction of sp³-hybridized carbons (Fsp3) is 0.444. The van der Waals surface area contributed by atoms with Crippen LogP contribution < -0.4 is 0 Å². The average molecular weight is 529 g/mol. The number of benzene rings is 3. The Morgan fingerprint density at radius 2 is 1.13 bits per heavy atom. The predicted molar refractivity (Wildman–Crippen MR) is 163 cm³/mol. The Morgan fingerprint density at radius 1 is 0.615 bits per heavy atom. The van der Waals surface area contributed by atoms with Crippen LogP contribution in [0.15, 0.2) is 103 Å². The highest BCUT2D eigenvalue weighted by molar-refractivity contribution is 5.47. The van der Waals surface area contributed by atoms with E-state index in [2.05, 4.69) is 92.7 Å². The highest BCUT2D eigenvalue weighted by atomic mass is 16.6. The van der Waals surface area contributed by atoms with Gasteiger partial charge in [0.2, 0.25) is 0 Å². The van der Waals surface area contributed by atoms with E-state index in [1.165, 1.54) is 38.5 Å². The van der Waals surface area contributed by atoms with Crippen molar-refractivity contribution in [3.63, 3.8) is 0 Å². The van der Waals surface area contributed by atoms with Crippen LogP contribution in [0.1, 0.15) is 88.3 Å². The molecule has 0 N–H and O–H groups in total. The Hall–Kier alpha value is -2.88. The van der Waals surface area contributed by atoms with Crippen molar-refractivity contribution in [3.8, 4) is 0 Å². The van der Waals surface area contributed by atoms with E-state index in [1.54, 1.807) is 0 Å². The summed E-state index contributed by atoms with van der Waals surface area (Å²) in [4.78, 5) is 0. The minimum absolute atomic E-state index is 0.210. The molecule has 0 radical (unpaired) electrons. The summed E-state index contributed by atoms with van der Waals surface area (Å²) >= 11 is 0. The molecule has 0 aliphatic heterocycles. The molecule has 39 heavy (non-hydrogen) atoms. The Labute approximate surface area is 237 Å². The fourth-order valence-electron chi connectivity index (χ4n) is 4.87. The molecule has 0 aromatic heterocycles. The van der Waals surface area contributed by atoms with Gasteiger partial charge >= 0.3 is 0 Å². The van der Waals surface area contributed by atoms with Gasteiger partial charge < -0.3 is 14.2 Å². The van der Waals surface area contributed by atoms with Crippen molar-refractivity contribution < 1.29 is 14.2 Å². The number of hydrogen-bond acceptors (Lipinski definition) is 3. The Morgan fingerprint density at radius 3 is 1.67 bits per heavy atom. The van der Waals surface area contributed by atoms with Crippen LogP contribution in [0.25, 0.3) is 0 Å². The van der Waals surface area contributed by atoms with Gasteiger partial charge in [-0.3, -0.25) is 0 Å². The first-order chi connectivity index (χ1) is 19.3. The maximum atomic E-state index is 7.01. The number of rotatable bonds is 20. The van der Waals surface area contributed by atoms with Gasteiger partial charge in [-0.15, -0.1) is 0 Å². The Kier molecular flexibility index (Phi) is 14.5. The zero-order valence-corrected chi connectivity index (χ0v) is 24.1. The first kappa shape index (κ1) is 30.7. The van der Waals surface area contributed by atoms with Crippen LogP contribution in [-0.4, -0.2) is 25.9 Å². The second-order valence-electron chi connectivity index (χ2n) is 10.2. The lowest BCUT2D eigenvalue weighted by Crippen LogP contribution is -2.37. The lowest BCUT2D eigenvalue weighted by atomic mass is 9.80. The van der Waals surface area contributed by atoms with Crippen LogP contribution in [0, 0.1) is 0 Å². The summed E-state index contributed by atoms with van der Waals surface area (Å²) in [5.41, 5.74) is 2.50. The molecule has 0 aliphatic carbocycles. The molecule has 3 aromatic carbocycles. The van der Waals surface area contributed by atoms with E-state index in [1.807, 2.05) is 24.5 Å². The molecular weight excluding hydrogens is 480 g/mol. The topological polar surface area (TPSA) is 27.7 Å². The van der Waals surface area contributed by atoms with Crippen molar-refractivity contribution in [1.82, 2.24) is 0 Å². The molecule has 210 valence electrons. The second-order valence-corrected chi connectivity index (χ2v) is 10.2. The van der Waals surface area contributed by atoms with Gasteiger partial charge in [0.25, 0.3) is 0 Å². The molecule has 3 nitrogen and oxygen atoms in total. The molecular formula is C36H48O3. The lowest BCUT2D eigenvalue weighted by molar-refractivity contribution is -0.0685. The summed E-state index contributed by atoms with van der Waals surface area (Å²) in [7, 11) is 0. The molecule has 1 atom stereocenters. The third-order valence-electron chi connectivity index (χ3n) is 7.06. The second kappa shape index (κ2) is 18.4. The van der Waals surface area contributed by atoms with E-state index >= 15 is 0 Å². The summed E-state index contributed by atoms with van der Waals surface area (Å²) in [6.45, 7) is 6.11. The van der Waals surface area contributed by atoms with Crippen molar-refractivity contribution in [2.75, 3.05) is 19.8 Å². The molecule has 0 saturated heterocycles. The predicted octanol–water partition coefficient (Wildman–Crippen LogP) is 9.46. The molecule has 3 heteroatoms. The van der Waals surface area contributed by atoms with Gasteiger partial charge in [0, 0.05) is 6.61 Å². The zero-order valence-electron chi connectivity index (χ0n) is 24.1. The maximum absolute atomic E-state index is 7.01. The molecule has 0 unspecified atom stereocenters. The Bertz CT molecular complexity index is 920. The van der Waals surface area contributed by atoms with Crippen molar-refractivity contribution in [2.24, 2.45) is 0 Å². The van der Waals surface area contributed by atoms with E-state index in [0.29, 0.717) is 13.2 Å². The minimum atomic E-state index is -0.767. The summed E-state index contributed by atoms with van der Waals surface area (Å²) in [6, 6.07) is 31.5. The molecule has 0 heterocycles. The molecule has 0 saturated carbocycles. The summed E-state index contributed by atoms with van der Waals surface area (Å²) in [5, 5.41) is 0. The quantitative estimate of drug-likeness (QED) is 0.0830. The van der Waals surface area contributed by atoms with Gasteiger partial charge in [-0.2, -0.15) is 0 Å². The lowest BCUT2D eigenvalue weighted by Gasteiger charge is -2.37. The van der Waals surface area contributed by atoms with E-state index in [-0.39, 0.29) is 6.10 Å². The van der Waals surface area contributed by atoms with E-state index in [9.17, 15) is 0 Å². The molecule has 3 rings (SSSR count). The first-order valence-electron chi connectivity index (χ1n) is 15.0. The van der Waals surface area contributed by atoms with E-state index in [4.69, 9.17) is 14.2 Å². The SMILES string of the molecule is CCCCC=CO[C@@H](COCCCCCCCC)COC(c1ccccc1)(c1ccccc1)c1ccccc1. The zero-order chi connectivity index (χ0) is 27.4. The van der Waals surface area contributed by atoms with Crippen molar-refractivity contribution in [1.29, 1.82) is 0 Å². The molecule has 0 bridgehead atoms. The molecule has 3 aromatic rings. The molecule has 0 aliphatic rings. The van der Waals surface area contributed by atoms with Gasteiger partial charge in [0.05, 0.1) is 19.5 Å². The van der Waals surface area contributed by atoms with Crippen molar-refractivity contribution in [3.05, 3.63) is 120 Å². The summed E-state index contributed by atoms with van der Waals surface area (Å²) in [6.07, 6.45) is 14.6. The van der Waals surface area contributed by atoms with Crippen LogP contribution in [0.3, 0.4) is 0 Å². The third-order valence-corrected chi connectivity index (χ3v) is 7.06. The van der Waals surface area contributed by atoms with Gasteiger partial charge in [-0.05, 0) is 42.0 Å². The number of hydrogen-bond donors (Lipinski definition) is 0. The molecule has 0 amide bonds. The van der Waals surface area contributed by atoms with Crippen molar-refractivity contribution in [2.45, 2.75) is 83.3 Å². The monoisotopic (exact) mass is 528 g/mol. The van der Waals surface area contributed by atoms with Gasteiger partial charge in [0.1, 0.15) is 11.7 Å². The minimum Gasteiger partial charge on any atom is -0.494 e. The molecule has 0 spiro atoms. The number of allylic oxidation sites excluding steroid dienone is 1. The largest absolute Gasteiger partial charge is 0.494 e. The standard InChI is InChI=1S/C36H48O3/c1-3-5-7-9-10-20-28-37-30-35(38-29-21-8-6-4-2)31-39-36(32-22-14-11-15-23-32,33-24-16-12-17-25-33)34-26-18-13-19-27-34/h11-19,21-27,29,35H,3-10,20,28,30-31H2,1-2H3/t35-/m0/s1. The van der Waals surface area contributed by atoms with Crippen molar-refractivity contribution >= 4 is 0 Å². The van der Waals surface area contributed by atoms with Crippen LogP contribution in [0.4, 0.5) is 0 Å². The van der Waals surface area contributed by atoms with Crippen LogP contribution in [0.2, 0.25) is 0 Å². The first-order valence-corrected chi connectivity index (χ1v) is 15.0. The highest BCUT2D eigenvalue weighted by Gasteiger charge is 2.38. The van der Waals surface area contributed by atoms with Gasteiger partial charge in [-0.25, -0.2) is 0 Å². The normalized spacial score (nSPS) is 12.6. The van der Waals surface area contributed by atoms with Crippen LogP contribution >= 0.6 is 0 Å². The number of ether oxygens (including phenoxy) is 3. The van der Waals surface area contributed by atoms with E-state index in [0.717, 1.165) is 42.6 Å². The van der Waals surface area contributed by atoms with E-state index < -0.39 is 5.60 Å². The van der Waals surface area contributed by atoms with Crippen LogP contribution in [0.5, 0.6) is 0 Å². The molecule has 0 fully saturated rings. The maximum Gasteiger partial charge on any atom is 0.144 e. The smallest absolute Gasteiger partial charge is 0.144 e. The average Bonchev–Trinajstić information content (AvgIpc) is 3.00. The van der Waals surface area contributed by atoms with Gasteiger partial charge in [-0.1, -0.05) is 143 Å².